The first-order chi connectivity index (χ1) is 23.5. The minimum absolute atomic E-state index is 0.000607. The topological polar surface area (TPSA) is 183 Å². The van der Waals surface area contributed by atoms with Crippen LogP contribution in [0.4, 0.5) is 17.1 Å². The molecule has 13 nitrogen and oxygen atoms in total. The van der Waals surface area contributed by atoms with Crippen LogP contribution in [0.2, 0.25) is 0 Å². The summed E-state index contributed by atoms with van der Waals surface area (Å²) in [4.78, 5) is 58.9. The molecule has 0 spiro atoms. The number of rotatable bonds is 12. The van der Waals surface area contributed by atoms with Crippen LogP contribution in [0, 0.1) is 66.6 Å². The molecule has 5 rings (SSSR count). The molecule has 3 fully saturated rings. The zero-order valence-electron chi connectivity index (χ0n) is 30.0. The summed E-state index contributed by atoms with van der Waals surface area (Å²) in [5.74, 6) is 0.381. The van der Waals surface area contributed by atoms with E-state index >= 15 is 0 Å². The van der Waals surface area contributed by atoms with E-state index in [2.05, 4.69) is 30.7 Å². The Morgan fingerprint density at radius 2 is 1.78 bits per heavy atom. The molecule has 3 saturated carbocycles. The number of hydrazone groups is 1. The molecule has 0 radical (unpaired) electrons. The number of Topliss-reactive ketones (excluding diaryl/α,β-unsaturated/α-hetero) is 1. The summed E-state index contributed by atoms with van der Waals surface area (Å²) < 4.78 is 5.62. The molecule has 4 aliphatic carbocycles. The first-order valence-corrected chi connectivity index (χ1v) is 17.9. The van der Waals surface area contributed by atoms with Crippen molar-refractivity contribution in [3.63, 3.8) is 0 Å². The molecule has 0 unspecified atom stereocenters. The molecule has 0 heterocycles. The fourth-order valence-corrected chi connectivity index (χ4v) is 10.0. The van der Waals surface area contributed by atoms with Gasteiger partial charge < -0.3 is 10.1 Å². The summed E-state index contributed by atoms with van der Waals surface area (Å²) in [5.41, 5.74) is 4.07. The van der Waals surface area contributed by atoms with Gasteiger partial charge in [-0.3, -0.25) is 40.0 Å². The van der Waals surface area contributed by atoms with Crippen LogP contribution in [0.15, 0.2) is 34.9 Å². The molecule has 50 heavy (non-hydrogen) atoms. The van der Waals surface area contributed by atoms with Gasteiger partial charge in [0, 0.05) is 56.8 Å². The van der Waals surface area contributed by atoms with Crippen molar-refractivity contribution in [1.29, 1.82) is 0 Å². The third-order valence-corrected chi connectivity index (χ3v) is 12.6. The number of nitro groups is 2. The SMILES string of the molecule is CC(=O)NC[C@H](C)CCC(=O)[C@H](C)[C@@H]1/C(=N/Nc2ccc([N+](=O)[O-])cc2[N+](=O)[O-])C[C@@H]2[C@@H]3CC=C4C[C@H](OC(C)=O)CC[C@]4(C)[C@@H]3CC[C@@]21C. The van der Waals surface area contributed by atoms with Gasteiger partial charge in [0.2, 0.25) is 5.91 Å². The maximum atomic E-state index is 13.9. The normalized spacial score (nSPS) is 32.0. The molecule has 0 saturated heterocycles. The van der Waals surface area contributed by atoms with Crippen LogP contribution < -0.4 is 10.7 Å². The summed E-state index contributed by atoms with van der Waals surface area (Å²) in [7, 11) is 0. The van der Waals surface area contributed by atoms with E-state index in [1.807, 2.05) is 13.8 Å². The Balaban J connectivity index is 1.45. The lowest BCUT2D eigenvalue weighted by molar-refractivity contribution is -0.393. The molecule has 4 aliphatic rings. The molecule has 9 atom stereocenters. The first kappa shape index (κ1) is 37.1. The van der Waals surface area contributed by atoms with E-state index in [-0.39, 0.29) is 69.6 Å². The van der Waals surface area contributed by atoms with Crippen molar-refractivity contribution in [3.05, 3.63) is 50.1 Å². The highest BCUT2D eigenvalue weighted by molar-refractivity contribution is 5.96. The van der Waals surface area contributed by atoms with E-state index in [0.29, 0.717) is 37.6 Å². The van der Waals surface area contributed by atoms with Gasteiger partial charge in [0.25, 0.3) is 5.69 Å². The Kier molecular flexibility index (Phi) is 10.8. The van der Waals surface area contributed by atoms with E-state index < -0.39 is 15.5 Å². The molecule has 2 N–H and O–H groups in total. The van der Waals surface area contributed by atoms with Crippen molar-refractivity contribution in [2.24, 2.45) is 51.4 Å². The number of carbonyl (C=O) groups excluding carboxylic acids is 3. The number of ketones is 1. The zero-order chi connectivity index (χ0) is 36.5. The molecular formula is C37H51N5O8. The number of carbonyl (C=O) groups is 3. The van der Waals surface area contributed by atoms with Gasteiger partial charge in [-0.05, 0) is 85.5 Å². The highest BCUT2D eigenvalue weighted by atomic mass is 16.6. The number of nitrogens with zero attached hydrogens (tertiary/aromatic N) is 3. The highest BCUT2D eigenvalue weighted by Crippen LogP contribution is 2.66. The number of ether oxygens (including phenoxy) is 1. The number of non-ortho nitro benzene ring substituents is 1. The Morgan fingerprint density at radius 1 is 1.04 bits per heavy atom. The van der Waals surface area contributed by atoms with Crippen LogP contribution in [0.25, 0.3) is 0 Å². The van der Waals surface area contributed by atoms with Crippen molar-refractivity contribution >= 4 is 40.4 Å². The Labute approximate surface area is 293 Å². The molecule has 0 aliphatic heterocycles. The smallest absolute Gasteiger partial charge is 0.302 e. The van der Waals surface area contributed by atoms with Gasteiger partial charge in [0.1, 0.15) is 17.6 Å². The summed E-state index contributed by atoms with van der Waals surface area (Å²) in [6.07, 6.45) is 9.28. The van der Waals surface area contributed by atoms with Crippen LogP contribution in [-0.4, -0.2) is 45.9 Å². The van der Waals surface area contributed by atoms with Crippen molar-refractivity contribution in [1.82, 2.24) is 5.32 Å². The van der Waals surface area contributed by atoms with Gasteiger partial charge in [-0.15, -0.1) is 0 Å². The average Bonchev–Trinajstić information content (AvgIpc) is 3.36. The summed E-state index contributed by atoms with van der Waals surface area (Å²) in [5, 5.41) is 30.9. The van der Waals surface area contributed by atoms with Crippen LogP contribution >= 0.6 is 0 Å². The molecular weight excluding hydrogens is 642 g/mol. The lowest BCUT2D eigenvalue weighted by Crippen LogP contribution is -2.51. The van der Waals surface area contributed by atoms with Crippen molar-refractivity contribution in [3.8, 4) is 0 Å². The minimum atomic E-state index is -0.671. The first-order valence-electron chi connectivity index (χ1n) is 17.9. The van der Waals surface area contributed by atoms with E-state index in [0.717, 1.165) is 50.3 Å². The van der Waals surface area contributed by atoms with Gasteiger partial charge >= 0.3 is 11.7 Å². The standard InChI is InChI=1S/C37H51N5O8/c1-21(20-38-23(3)43)7-12-34(45)22(2)35-32(40-39-31-11-9-26(41(46)47)18-33(31)42(48)49)19-30-28-10-8-25-17-27(50-24(4)44)13-15-36(25,5)29(28)14-16-37(30,35)6/h8-9,11,18,21-22,27-30,35,39H,7,10,12-17,19-20H2,1-6H3,(H,38,43)/b40-32+/t21-,22+,27-,28-,29-,30-,35-,36+,37+/m1/s1. The Hall–Kier alpha value is -4.16. The fraction of sp³-hybridized carbons (Fsp3) is 0.676. The summed E-state index contributed by atoms with van der Waals surface area (Å²) >= 11 is 0. The maximum Gasteiger partial charge on any atom is 0.302 e. The number of fused-ring (bicyclic) bond motifs is 5. The minimum Gasteiger partial charge on any atom is -0.462 e. The predicted octanol–water partition coefficient (Wildman–Crippen LogP) is 7.15. The summed E-state index contributed by atoms with van der Waals surface area (Å²) in [6.45, 7) is 12.1. The number of allylic oxidation sites excluding steroid dienone is 1. The zero-order valence-corrected chi connectivity index (χ0v) is 30.0. The fourth-order valence-electron chi connectivity index (χ4n) is 10.0. The van der Waals surface area contributed by atoms with Crippen molar-refractivity contribution in [2.45, 2.75) is 105 Å². The molecule has 0 aromatic heterocycles. The van der Waals surface area contributed by atoms with E-state index in [1.165, 1.54) is 31.6 Å². The van der Waals surface area contributed by atoms with Crippen molar-refractivity contribution in [2.75, 3.05) is 12.0 Å². The van der Waals surface area contributed by atoms with Crippen LogP contribution in [0.1, 0.15) is 99.3 Å². The lowest BCUT2D eigenvalue weighted by Gasteiger charge is -2.58. The van der Waals surface area contributed by atoms with Crippen LogP contribution in [0.5, 0.6) is 0 Å². The Morgan fingerprint density at radius 3 is 2.44 bits per heavy atom. The van der Waals surface area contributed by atoms with Gasteiger partial charge in [0.15, 0.2) is 0 Å². The quantitative estimate of drug-likeness (QED) is 0.0993. The van der Waals surface area contributed by atoms with Gasteiger partial charge in [0.05, 0.1) is 15.9 Å². The van der Waals surface area contributed by atoms with Gasteiger partial charge in [-0.25, -0.2) is 0 Å². The van der Waals surface area contributed by atoms with Crippen LogP contribution in [0.3, 0.4) is 0 Å². The number of hydrogen-bond acceptors (Lipinski definition) is 10. The van der Waals surface area contributed by atoms with E-state index in [1.54, 1.807) is 0 Å². The molecule has 1 aromatic rings. The van der Waals surface area contributed by atoms with Crippen molar-refractivity contribution < 1.29 is 29.0 Å². The second-order valence-corrected chi connectivity index (χ2v) is 15.7. The third kappa shape index (κ3) is 7.32. The number of nitrogens with one attached hydrogen (secondary N) is 2. The molecule has 272 valence electrons. The monoisotopic (exact) mass is 693 g/mol. The van der Waals surface area contributed by atoms with Gasteiger partial charge in [-0.1, -0.05) is 39.3 Å². The van der Waals surface area contributed by atoms with Crippen LogP contribution in [-0.2, 0) is 19.1 Å². The molecule has 13 heteroatoms. The Bertz CT molecular complexity index is 1610. The maximum absolute atomic E-state index is 13.9. The largest absolute Gasteiger partial charge is 0.462 e. The second-order valence-electron chi connectivity index (χ2n) is 15.7. The molecule has 1 aromatic carbocycles. The average molecular weight is 694 g/mol. The highest BCUT2D eigenvalue weighted by Gasteiger charge is 2.62. The third-order valence-electron chi connectivity index (χ3n) is 12.6. The number of anilines is 1. The number of hydrogen-bond donors (Lipinski definition) is 2. The molecule has 0 bridgehead atoms. The van der Waals surface area contributed by atoms with E-state index in [9.17, 15) is 34.6 Å². The number of esters is 1. The van der Waals surface area contributed by atoms with Gasteiger partial charge in [-0.2, -0.15) is 5.10 Å². The lowest BCUT2D eigenvalue weighted by atomic mass is 9.47. The summed E-state index contributed by atoms with van der Waals surface area (Å²) in [6, 6.07) is 3.45. The number of amides is 1. The predicted molar refractivity (Wildman–Crippen MR) is 188 cm³/mol. The molecule has 1 amide bonds. The number of nitro benzene ring substituents is 2. The van der Waals surface area contributed by atoms with E-state index in [4.69, 9.17) is 9.84 Å². The second kappa shape index (κ2) is 14.6. The number of benzene rings is 1.